The van der Waals surface area contributed by atoms with Gasteiger partial charge in [0.15, 0.2) is 17.5 Å². The summed E-state index contributed by atoms with van der Waals surface area (Å²) in [6, 6.07) is 3.98. The van der Waals surface area contributed by atoms with Crippen LogP contribution in [0.1, 0.15) is 25.0 Å². The fraction of sp³-hybridized carbons (Fsp3) is 0.412. The Balaban J connectivity index is 2.69. The fourth-order valence-corrected chi connectivity index (χ4v) is 2.54. The third kappa shape index (κ3) is 3.97. The van der Waals surface area contributed by atoms with Crippen molar-refractivity contribution >= 4 is 23.7 Å². The Labute approximate surface area is 151 Å². The molecule has 0 atom stereocenters. The Kier molecular flexibility index (Phi) is 5.90. The van der Waals surface area contributed by atoms with Crippen molar-refractivity contribution in [1.82, 2.24) is 4.98 Å². The third-order valence-corrected chi connectivity index (χ3v) is 4.07. The average Bonchev–Trinajstić information content (AvgIpc) is 2.67. The first-order chi connectivity index (χ1) is 12.3. The predicted octanol–water partition coefficient (Wildman–Crippen LogP) is 1.48. The monoisotopic (exact) mass is 359 g/mol. The van der Waals surface area contributed by atoms with E-state index in [4.69, 9.17) is 21.6 Å². The van der Waals surface area contributed by atoms with Crippen LogP contribution < -0.4 is 16.4 Å². The average molecular weight is 359 g/mol. The highest BCUT2D eigenvalue weighted by molar-refractivity contribution is 5.98. The van der Waals surface area contributed by atoms with Crippen LogP contribution in [-0.4, -0.2) is 43.3 Å². The van der Waals surface area contributed by atoms with E-state index in [-0.39, 0.29) is 5.82 Å². The number of ether oxygens (including phenoxy) is 1. The number of hydrogen-bond acceptors (Lipinski definition) is 7. The maximum atomic E-state index is 13.6. The lowest BCUT2D eigenvalue weighted by atomic mass is 9.83. The summed E-state index contributed by atoms with van der Waals surface area (Å²) in [6.07, 6.45) is 1.75. The van der Waals surface area contributed by atoms with E-state index >= 15 is 0 Å². The zero-order valence-electron chi connectivity index (χ0n) is 14.8. The number of nitrogens with one attached hydrogen (secondary N) is 1. The minimum absolute atomic E-state index is 0.0665. The largest absolute Gasteiger partial charge is 0.402 e. The van der Waals surface area contributed by atoms with Gasteiger partial charge in [-0.3, -0.25) is 0 Å². The van der Waals surface area contributed by atoms with Gasteiger partial charge in [-0.05, 0) is 25.5 Å². The molecule has 2 rings (SSSR count). The van der Waals surface area contributed by atoms with Crippen LogP contribution >= 0.6 is 0 Å². The van der Waals surface area contributed by atoms with Crippen molar-refractivity contribution in [1.29, 1.82) is 10.7 Å². The lowest BCUT2D eigenvalue weighted by molar-refractivity contribution is 0.122. The molecule has 0 unspecified atom stereocenters. The zero-order valence-corrected chi connectivity index (χ0v) is 14.8. The van der Waals surface area contributed by atoms with Gasteiger partial charge in [-0.15, -0.1) is 0 Å². The Hall–Kier alpha value is -2.99. The van der Waals surface area contributed by atoms with Gasteiger partial charge in [0, 0.05) is 31.1 Å². The van der Waals surface area contributed by atoms with Crippen LogP contribution in [0, 0.1) is 16.7 Å². The van der Waals surface area contributed by atoms with Gasteiger partial charge in [-0.25, -0.2) is 14.4 Å². The van der Waals surface area contributed by atoms with Crippen LogP contribution in [0.15, 0.2) is 23.1 Å². The summed E-state index contributed by atoms with van der Waals surface area (Å²) in [6.45, 7) is 5.82. The van der Waals surface area contributed by atoms with Gasteiger partial charge in [-0.1, -0.05) is 0 Å². The molecule has 1 fully saturated rings. The lowest BCUT2D eigenvalue weighted by Gasteiger charge is -2.30. The number of rotatable bonds is 5. The molecule has 0 aliphatic carbocycles. The lowest BCUT2D eigenvalue weighted by Crippen LogP contribution is -2.37. The van der Waals surface area contributed by atoms with Crippen LogP contribution in [0.25, 0.3) is 0 Å². The first-order valence-electron chi connectivity index (χ1n) is 8.06. The topological polar surface area (TPSA) is 137 Å². The number of hydrogen-bond donors (Lipinski definition) is 3. The number of aliphatic imine (C=N–C) groups is 1. The number of aromatic nitrogens is 1. The Morgan fingerprint density at radius 2 is 2.15 bits per heavy atom. The number of halogens is 1. The van der Waals surface area contributed by atoms with Crippen molar-refractivity contribution in [3.63, 3.8) is 0 Å². The van der Waals surface area contributed by atoms with Crippen molar-refractivity contribution in [3.8, 4) is 6.07 Å². The minimum atomic E-state index is -0.905. The second kappa shape index (κ2) is 7.93. The molecular formula is C17H22FN7O. The predicted molar refractivity (Wildman–Crippen MR) is 98.5 cm³/mol. The minimum Gasteiger partial charge on any atom is -0.402 e. The smallest absolute Gasteiger partial charge is 0.180 e. The molecule has 0 amide bonds. The van der Waals surface area contributed by atoms with E-state index < -0.39 is 17.1 Å². The SMILES string of the molecule is CC(C)(C#N)c1cc(N2CCOCC2)nc(/N=C(N)\C(F)=C/N)c1C=N. The molecule has 1 aromatic heterocycles. The number of nitriles is 1. The molecule has 0 radical (unpaired) electrons. The van der Waals surface area contributed by atoms with E-state index in [1.54, 1.807) is 19.9 Å². The van der Waals surface area contributed by atoms with E-state index in [0.717, 1.165) is 6.21 Å². The van der Waals surface area contributed by atoms with E-state index in [1.807, 2.05) is 4.90 Å². The van der Waals surface area contributed by atoms with Gasteiger partial charge in [0.1, 0.15) is 5.82 Å². The molecule has 9 heteroatoms. The summed E-state index contributed by atoms with van der Waals surface area (Å²) >= 11 is 0. The van der Waals surface area contributed by atoms with Crippen LogP contribution in [-0.2, 0) is 10.2 Å². The molecule has 0 aromatic carbocycles. The summed E-state index contributed by atoms with van der Waals surface area (Å²) < 4.78 is 19.0. The summed E-state index contributed by atoms with van der Waals surface area (Å²) in [4.78, 5) is 10.4. The van der Waals surface area contributed by atoms with Crippen LogP contribution in [0.5, 0.6) is 0 Å². The first-order valence-corrected chi connectivity index (χ1v) is 8.06. The Bertz CT molecular complexity index is 789. The second-order valence-corrected chi connectivity index (χ2v) is 6.26. The summed E-state index contributed by atoms with van der Waals surface area (Å²) in [5, 5.41) is 17.3. The number of nitrogens with two attached hydrogens (primary N) is 2. The van der Waals surface area contributed by atoms with Crippen LogP contribution in [0.2, 0.25) is 0 Å². The highest BCUT2D eigenvalue weighted by atomic mass is 19.1. The van der Waals surface area contributed by atoms with Crippen LogP contribution in [0.4, 0.5) is 16.0 Å². The Morgan fingerprint density at radius 3 is 2.69 bits per heavy atom. The molecule has 0 spiro atoms. The van der Waals surface area contributed by atoms with Crippen molar-refractivity contribution in [3.05, 3.63) is 29.2 Å². The van der Waals surface area contributed by atoms with E-state index in [2.05, 4.69) is 16.0 Å². The Morgan fingerprint density at radius 1 is 1.50 bits per heavy atom. The maximum Gasteiger partial charge on any atom is 0.180 e. The normalized spacial score (nSPS) is 16.3. The van der Waals surface area contributed by atoms with Gasteiger partial charge in [0.2, 0.25) is 0 Å². The van der Waals surface area contributed by atoms with Crippen molar-refractivity contribution < 1.29 is 9.13 Å². The molecule has 5 N–H and O–H groups in total. The summed E-state index contributed by atoms with van der Waals surface area (Å²) in [5.74, 6) is -0.693. The molecular weight excluding hydrogens is 337 g/mol. The standard InChI is InChI=1S/C17H22FN7O/c1-17(2,10-21)12-7-14(25-3-5-26-6-4-25)23-16(11(12)8-19)24-15(22)13(18)9-20/h7-9,19H,3-6,20H2,1-2H3,(H2,22,23,24)/b13-9+,19-8?. The molecule has 138 valence electrons. The number of morpholine rings is 1. The third-order valence-electron chi connectivity index (χ3n) is 4.07. The van der Waals surface area contributed by atoms with E-state index in [9.17, 15) is 9.65 Å². The molecule has 8 nitrogen and oxygen atoms in total. The summed E-state index contributed by atoms with van der Waals surface area (Å²) in [5.41, 5.74) is 10.7. The number of nitrogens with zero attached hydrogens (tertiary/aromatic N) is 4. The molecule has 2 heterocycles. The van der Waals surface area contributed by atoms with Crippen molar-refractivity contribution in [2.75, 3.05) is 31.2 Å². The van der Waals surface area contributed by atoms with Gasteiger partial charge in [0.25, 0.3) is 0 Å². The number of pyridine rings is 1. The van der Waals surface area contributed by atoms with E-state index in [1.165, 1.54) is 0 Å². The zero-order chi connectivity index (χ0) is 19.3. The molecule has 26 heavy (non-hydrogen) atoms. The van der Waals surface area contributed by atoms with Gasteiger partial charge in [0.05, 0.1) is 24.7 Å². The van der Waals surface area contributed by atoms with Gasteiger partial charge < -0.3 is 26.5 Å². The molecule has 1 aromatic rings. The quantitative estimate of drug-likeness (QED) is 0.538. The molecule has 0 saturated carbocycles. The second-order valence-electron chi connectivity index (χ2n) is 6.26. The first kappa shape index (κ1) is 19.3. The van der Waals surface area contributed by atoms with Crippen LogP contribution in [0.3, 0.4) is 0 Å². The highest BCUT2D eigenvalue weighted by Crippen LogP contribution is 2.33. The van der Waals surface area contributed by atoms with E-state index in [0.29, 0.717) is 49.4 Å². The molecule has 1 aliphatic heterocycles. The van der Waals surface area contributed by atoms with Gasteiger partial charge >= 0.3 is 0 Å². The number of anilines is 1. The maximum absolute atomic E-state index is 13.6. The van der Waals surface area contributed by atoms with Gasteiger partial charge in [-0.2, -0.15) is 5.26 Å². The summed E-state index contributed by atoms with van der Waals surface area (Å²) in [7, 11) is 0. The van der Waals surface area contributed by atoms with Crippen molar-refractivity contribution in [2.24, 2.45) is 16.5 Å². The highest BCUT2D eigenvalue weighted by Gasteiger charge is 2.27. The molecule has 1 aliphatic rings. The number of amidine groups is 1. The molecule has 1 saturated heterocycles. The molecule has 0 bridgehead atoms. The fourth-order valence-electron chi connectivity index (χ4n) is 2.54. The van der Waals surface area contributed by atoms with Crippen molar-refractivity contribution in [2.45, 2.75) is 19.3 Å².